The lowest BCUT2D eigenvalue weighted by Gasteiger charge is -2.28. The van der Waals surface area contributed by atoms with Gasteiger partial charge in [-0.1, -0.05) is 198 Å². The Morgan fingerprint density at radius 2 is 1.03 bits per heavy atom. The summed E-state index contributed by atoms with van der Waals surface area (Å²) in [6.07, 6.45) is 1.73. The van der Waals surface area contributed by atoms with Crippen LogP contribution < -0.4 is 0 Å². The fourth-order valence-corrected chi connectivity index (χ4v) is 8.73. The average Bonchev–Trinajstić information content (AvgIpc) is 0.781. The Hall–Kier alpha value is -7.04. The second kappa shape index (κ2) is 17.2. The molecule has 0 saturated heterocycles. The first kappa shape index (κ1) is 29.0. The Morgan fingerprint density at radius 1 is 0.441 bits per heavy atom. The number of para-hydroxylation sites is 1. The quantitative estimate of drug-likeness (QED) is 0.173. The van der Waals surface area contributed by atoms with Crippen LogP contribution in [0.1, 0.15) is 130 Å². The van der Waals surface area contributed by atoms with Crippen LogP contribution in [0.3, 0.4) is 0 Å². The van der Waals surface area contributed by atoms with Gasteiger partial charge in [-0.05, 0) is 120 Å². The highest BCUT2D eigenvalue weighted by Crippen LogP contribution is 2.46. The van der Waals surface area contributed by atoms with Gasteiger partial charge in [0.15, 0.2) is 0 Å². The summed E-state index contributed by atoms with van der Waals surface area (Å²) in [6, 6.07) is 49.1. The van der Waals surface area contributed by atoms with Gasteiger partial charge in [-0.3, -0.25) is 9.55 Å². The minimum absolute atomic E-state index is 0.187. The molecule has 0 saturated carbocycles. The van der Waals surface area contributed by atoms with Gasteiger partial charge in [-0.2, -0.15) is 0 Å². The van der Waals surface area contributed by atoms with E-state index in [0.717, 1.165) is 45.0 Å². The number of benzene rings is 7. The van der Waals surface area contributed by atoms with Gasteiger partial charge in [0.05, 0.1) is 28.0 Å². The SMILES string of the molecule is [2H]C([2H])([2H])C(c1cc(-c2nc3c(-c4cc(-c5cc(-c6ccc(-c7ccccc7)cc6)ccn5)cc(C(C)(C)C)c4)cccc3n2-c2ccc(C(C)(C)C)cc2-c2ccccc2)c(O)c(C(C([2H])([2H])[2H])(C([2H])([2H])[2H])C([2H])([2H])[2H])c1)(C([2H])([2H])[2H])C([2H])([2H])[2H]. The molecule has 7 aromatic carbocycles. The van der Waals surface area contributed by atoms with Crippen LogP contribution in [0, 0.1) is 0 Å². The van der Waals surface area contributed by atoms with Gasteiger partial charge in [0.25, 0.3) is 0 Å². The maximum absolute atomic E-state index is 13.1. The van der Waals surface area contributed by atoms with Gasteiger partial charge in [0, 0.05) is 53.1 Å². The number of pyridine rings is 1. The van der Waals surface area contributed by atoms with E-state index in [9.17, 15) is 5.11 Å². The van der Waals surface area contributed by atoms with Crippen LogP contribution in [0.5, 0.6) is 5.75 Å². The van der Waals surface area contributed by atoms with Crippen LogP contribution >= 0.6 is 0 Å². The van der Waals surface area contributed by atoms with E-state index >= 15 is 0 Å². The Bertz CT molecular complexity index is 3920. The third-order valence-electron chi connectivity index (χ3n) is 12.6. The number of phenols is 1. The van der Waals surface area contributed by atoms with Crippen LogP contribution in [0.2, 0.25) is 0 Å². The highest BCUT2D eigenvalue weighted by atomic mass is 16.3. The molecule has 0 aliphatic rings. The minimum atomic E-state index is -4.14. The first-order chi connectivity index (χ1) is 39.6. The summed E-state index contributed by atoms with van der Waals surface area (Å²) < 4.78 is 160. The molecule has 4 heteroatoms. The zero-order chi connectivity index (χ0) is 63.3. The van der Waals surface area contributed by atoms with E-state index in [1.807, 2.05) is 136 Å². The van der Waals surface area contributed by atoms with Crippen molar-refractivity contribution in [1.82, 2.24) is 14.5 Å². The fourth-order valence-electron chi connectivity index (χ4n) is 8.73. The van der Waals surface area contributed by atoms with Gasteiger partial charge >= 0.3 is 0 Å². The molecule has 9 aromatic rings. The van der Waals surface area contributed by atoms with Gasteiger partial charge in [-0.15, -0.1) is 0 Å². The predicted octanol–water partition coefficient (Wildman–Crippen LogP) is 17.3. The topological polar surface area (TPSA) is 50.9 Å². The Labute approximate surface area is 429 Å². The molecule has 68 heavy (non-hydrogen) atoms. The molecule has 0 atom stereocenters. The normalized spacial score (nSPS) is 17.5. The summed E-state index contributed by atoms with van der Waals surface area (Å²) in [5.41, 5.74) is -2.36. The van der Waals surface area contributed by atoms with Gasteiger partial charge in [-0.25, -0.2) is 4.98 Å². The van der Waals surface area contributed by atoms with Crippen molar-refractivity contribution in [2.24, 2.45) is 0 Å². The zero-order valence-electron chi connectivity index (χ0n) is 57.0. The molecule has 0 fully saturated rings. The van der Waals surface area contributed by atoms with Crippen LogP contribution in [0.15, 0.2) is 170 Å². The summed E-state index contributed by atoms with van der Waals surface area (Å²) in [7, 11) is 0. The van der Waals surface area contributed by atoms with Crippen molar-refractivity contribution in [2.45, 2.75) is 104 Å². The van der Waals surface area contributed by atoms with E-state index in [4.69, 9.17) is 34.6 Å². The molecule has 1 N–H and O–H groups in total. The predicted molar refractivity (Wildman–Crippen MR) is 288 cm³/mol. The van der Waals surface area contributed by atoms with Gasteiger partial charge in [0.1, 0.15) is 11.6 Å². The molecule has 2 heterocycles. The summed E-state index contributed by atoms with van der Waals surface area (Å²) >= 11 is 0. The van der Waals surface area contributed by atoms with Crippen molar-refractivity contribution in [3.05, 3.63) is 192 Å². The molecule has 2 aromatic heterocycles. The van der Waals surface area contributed by atoms with E-state index < -0.39 is 91.0 Å². The molecule has 342 valence electrons. The summed E-state index contributed by atoms with van der Waals surface area (Å²) in [6.45, 7) is -12.3. The standard InChI is InChI=1S/C64H65N3O/c1-61(2,3)48-30-31-56(52(38-48)44-22-17-14-18-23-44)67-57-25-19-24-51(58(57)66-60(67)53-39-50(63(7,8)9)40-54(59(53)68)64(10,11)12)46-34-47(36-49(35-46)62(4,5)6)55-37-45(32-33-65-55)43-28-26-42(27-29-43)41-20-15-13-16-21-41/h13-40,68H,1-12H3/i7D3,8D3,9D3,10D3,11D3,12D3. The van der Waals surface area contributed by atoms with Gasteiger partial charge in [0.2, 0.25) is 0 Å². The van der Waals surface area contributed by atoms with Crippen LogP contribution in [-0.4, -0.2) is 19.6 Å². The van der Waals surface area contributed by atoms with Gasteiger partial charge < -0.3 is 5.11 Å². The molecule has 9 rings (SSSR count). The Balaban J connectivity index is 1.44. The second-order valence-electron chi connectivity index (χ2n) is 19.6. The minimum Gasteiger partial charge on any atom is -0.507 e. The zero-order valence-corrected chi connectivity index (χ0v) is 39.0. The average molecular weight is 910 g/mol. The molecule has 0 spiro atoms. The molecule has 0 unspecified atom stereocenters. The summed E-state index contributed by atoms with van der Waals surface area (Å²) in [5, 5.41) is 13.1. The lowest BCUT2D eigenvalue weighted by atomic mass is 9.79. The maximum atomic E-state index is 13.1. The monoisotopic (exact) mass is 910 g/mol. The summed E-state index contributed by atoms with van der Waals surface area (Å²) in [4.78, 5) is 10.1. The lowest BCUT2D eigenvalue weighted by molar-refractivity contribution is 0.446. The summed E-state index contributed by atoms with van der Waals surface area (Å²) in [5.74, 6) is -1.75. The third-order valence-corrected chi connectivity index (χ3v) is 12.6. The van der Waals surface area contributed by atoms with E-state index in [1.165, 1.54) is 0 Å². The molecule has 0 aliphatic carbocycles. The van der Waals surface area contributed by atoms with Crippen molar-refractivity contribution in [1.29, 1.82) is 0 Å². The molecule has 0 bridgehead atoms. The molecule has 4 nitrogen and oxygen atoms in total. The van der Waals surface area contributed by atoms with E-state index in [0.29, 0.717) is 39.7 Å². The molecular formula is C64H65N3O. The molecular weight excluding hydrogens is 827 g/mol. The maximum Gasteiger partial charge on any atom is 0.149 e. The fraction of sp³-hybridized carbons (Fsp3) is 0.250. The third kappa shape index (κ3) is 9.05. The van der Waals surface area contributed by atoms with Crippen LogP contribution in [-0.2, 0) is 21.7 Å². The Kier molecular flexibility index (Phi) is 7.35. The van der Waals surface area contributed by atoms with Crippen molar-refractivity contribution >= 4 is 11.0 Å². The number of hydrogen-bond acceptors (Lipinski definition) is 3. The number of phenolic OH excluding ortho intramolecular Hbond substituents is 1. The lowest BCUT2D eigenvalue weighted by Crippen LogP contribution is -2.17. The molecule has 0 radical (unpaired) electrons. The van der Waals surface area contributed by atoms with E-state index in [1.54, 1.807) is 35.0 Å². The van der Waals surface area contributed by atoms with Crippen molar-refractivity contribution in [2.75, 3.05) is 0 Å². The van der Waals surface area contributed by atoms with E-state index in [-0.39, 0.29) is 11.0 Å². The smallest absolute Gasteiger partial charge is 0.149 e. The van der Waals surface area contributed by atoms with Crippen LogP contribution in [0.25, 0.3) is 83.9 Å². The largest absolute Gasteiger partial charge is 0.507 e. The highest BCUT2D eigenvalue weighted by Gasteiger charge is 2.30. The van der Waals surface area contributed by atoms with Crippen LogP contribution in [0.4, 0.5) is 0 Å². The second-order valence-corrected chi connectivity index (χ2v) is 19.6. The molecule has 0 aliphatic heterocycles. The number of fused-ring (bicyclic) bond motifs is 1. The number of aromatic hydroxyl groups is 1. The highest BCUT2D eigenvalue weighted by molar-refractivity contribution is 5.98. The van der Waals surface area contributed by atoms with Crippen molar-refractivity contribution < 1.29 is 29.8 Å². The van der Waals surface area contributed by atoms with Crippen molar-refractivity contribution in [3.63, 3.8) is 0 Å². The number of rotatable bonds is 7. The number of aromatic nitrogens is 3. The van der Waals surface area contributed by atoms with Crippen molar-refractivity contribution in [3.8, 4) is 78.6 Å². The molecule has 0 amide bonds. The van der Waals surface area contributed by atoms with E-state index in [2.05, 4.69) is 32.9 Å². The first-order valence-electron chi connectivity index (χ1n) is 31.5. The Morgan fingerprint density at radius 3 is 1.68 bits per heavy atom. The number of imidazole rings is 1. The number of hydrogen-bond donors (Lipinski definition) is 1. The first-order valence-corrected chi connectivity index (χ1v) is 22.5. The number of nitrogens with zero attached hydrogens (tertiary/aromatic N) is 3.